The first kappa shape index (κ1) is 10.3. The topological polar surface area (TPSA) is 58.2 Å². The predicted molar refractivity (Wildman–Crippen MR) is 42.5 cm³/mol. The van der Waals surface area contributed by atoms with E-state index in [1.807, 2.05) is 0 Å². The van der Waals surface area contributed by atoms with E-state index in [2.05, 4.69) is 10.6 Å². The van der Waals surface area contributed by atoms with E-state index in [1.165, 1.54) is 6.92 Å². The van der Waals surface area contributed by atoms with E-state index in [1.54, 1.807) is 7.05 Å². The molecule has 64 valence electrons. The number of rotatable bonds is 6. The molecule has 0 aliphatic rings. The van der Waals surface area contributed by atoms with Gasteiger partial charge in [-0.1, -0.05) is 0 Å². The third kappa shape index (κ3) is 7.15. The second-order valence-electron chi connectivity index (χ2n) is 2.37. The van der Waals surface area contributed by atoms with Gasteiger partial charge in [0.25, 0.3) is 0 Å². The summed E-state index contributed by atoms with van der Waals surface area (Å²) in [7, 11) is 1.71. The van der Waals surface area contributed by atoms with Crippen LogP contribution in [0.1, 0.15) is 6.92 Å². The van der Waals surface area contributed by atoms with Crippen molar-refractivity contribution in [2.75, 3.05) is 26.7 Å². The molecule has 0 fully saturated rings. The number of hydrogen-bond donors (Lipinski definition) is 2. The van der Waals surface area contributed by atoms with Crippen LogP contribution < -0.4 is 10.6 Å². The van der Waals surface area contributed by atoms with Gasteiger partial charge in [-0.3, -0.25) is 9.59 Å². The first-order valence-electron chi connectivity index (χ1n) is 3.53. The van der Waals surface area contributed by atoms with Gasteiger partial charge in [0.1, 0.15) is 5.78 Å². The highest BCUT2D eigenvalue weighted by molar-refractivity contribution is 5.83. The largest absolute Gasteiger partial charge is 0.313 e. The van der Waals surface area contributed by atoms with Crippen molar-refractivity contribution in [3.63, 3.8) is 0 Å². The average molecular weight is 158 g/mol. The van der Waals surface area contributed by atoms with E-state index < -0.39 is 0 Å². The lowest BCUT2D eigenvalue weighted by molar-refractivity contribution is -0.118. The summed E-state index contributed by atoms with van der Waals surface area (Å²) in [5, 5.41) is 5.46. The van der Waals surface area contributed by atoms with Gasteiger partial charge >= 0.3 is 0 Å². The zero-order chi connectivity index (χ0) is 8.69. The van der Waals surface area contributed by atoms with Gasteiger partial charge in [0.15, 0.2) is 5.78 Å². The van der Waals surface area contributed by atoms with Crippen LogP contribution >= 0.6 is 0 Å². The molecule has 0 aromatic heterocycles. The van der Waals surface area contributed by atoms with Crippen LogP contribution in [-0.2, 0) is 9.59 Å². The van der Waals surface area contributed by atoms with Crippen molar-refractivity contribution in [2.24, 2.45) is 0 Å². The molecule has 0 unspecified atom stereocenters. The summed E-state index contributed by atoms with van der Waals surface area (Å²) in [6.45, 7) is 2.37. The molecule has 2 N–H and O–H groups in total. The Kier molecular flexibility index (Phi) is 5.60. The Labute approximate surface area is 66.4 Å². The van der Waals surface area contributed by atoms with Crippen LogP contribution in [0.15, 0.2) is 0 Å². The molecule has 0 atom stereocenters. The predicted octanol–water partition coefficient (Wildman–Crippen LogP) is -1.05. The molecule has 0 aromatic rings. The van der Waals surface area contributed by atoms with Crippen LogP contribution in [0.4, 0.5) is 0 Å². The maximum Gasteiger partial charge on any atom is 0.160 e. The van der Waals surface area contributed by atoms with Crippen molar-refractivity contribution in [2.45, 2.75) is 6.92 Å². The smallest absolute Gasteiger partial charge is 0.160 e. The van der Waals surface area contributed by atoms with Crippen LogP contribution in [0.2, 0.25) is 0 Å². The molecule has 0 heterocycles. The van der Waals surface area contributed by atoms with Gasteiger partial charge in [-0.15, -0.1) is 0 Å². The minimum atomic E-state index is 0.0438. The Morgan fingerprint density at radius 2 is 1.82 bits per heavy atom. The van der Waals surface area contributed by atoms with Gasteiger partial charge in [-0.25, -0.2) is 0 Å². The molecule has 11 heavy (non-hydrogen) atoms. The first-order chi connectivity index (χ1) is 5.16. The fraction of sp³-hybridized carbons (Fsp3) is 0.714. The molecule has 4 nitrogen and oxygen atoms in total. The molecule has 0 radical (unpaired) electrons. The minimum absolute atomic E-state index is 0.0438. The zero-order valence-corrected chi connectivity index (χ0v) is 6.94. The maximum absolute atomic E-state index is 10.8. The lowest BCUT2D eigenvalue weighted by Crippen LogP contribution is -2.32. The quantitative estimate of drug-likeness (QED) is 0.518. The summed E-state index contributed by atoms with van der Waals surface area (Å²) < 4.78 is 0. The molecule has 0 saturated heterocycles. The molecule has 0 aliphatic heterocycles. The van der Waals surface area contributed by atoms with Gasteiger partial charge in [-0.2, -0.15) is 0 Å². The number of nitrogens with one attached hydrogen (secondary N) is 2. The van der Waals surface area contributed by atoms with Crippen molar-refractivity contribution in [1.82, 2.24) is 10.6 Å². The van der Waals surface area contributed by atoms with E-state index in [0.717, 1.165) is 0 Å². The Hall–Kier alpha value is -0.740. The van der Waals surface area contributed by atoms with Crippen molar-refractivity contribution >= 4 is 11.6 Å². The monoisotopic (exact) mass is 158 g/mol. The van der Waals surface area contributed by atoms with E-state index in [9.17, 15) is 9.59 Å². The molecule has 0 aliphatic carbocycles. The second kappa shape index (κ2) is 6.00. The Morgan fingerprint density at radius 3 is 2.27 bits per heavy atom. The van der Waals surface area contributed by atoms with E-state index in [0.29, 0.717) is 6.54 Å². The molecule has 0 bridgehead atoms. The highest BCUT2D eigenvalue weighted by Crippen LogP contribution is 1.68. The summed E-state index contributed by atoms with van der Waals surface area (Å²) in [5.74, 6) is 0.107. The zero-order valence-electron chi connectivity index (χ0n) is 6.94. The molecular weight excluding hydrogens is 144 g/mol. The molecule has 0 saturated carbocycles. The van der Waals surface area contributed by atoms with Crippen LogP contribution in [0.5, 0.6) is 0 Å². The van der Waals surface area contributed by atoms with Gasteiger partial charge in [0.05, 0.1) is 19.6 Å². The first-order valence-corrected chi connectivity index (χ1v) is 3.53. The SMILES string of the molecule is CNCC(=O)CNCC(C)=O. The highest BCUT2D eigenvalue weighted by atomic mass is 16.1. The fourth-order valence-corrected chi connectivity index (χ4v) is 0.638. The van der Waals surface area contributed by atoms with Crippen LogP contribution in [0.3, 0.4) is 0 Å². The third-order valence-corrected chi connectivity index (χ3v) is 1.07. The van der Waals surface area contributed by atoms with Crippen LogP contribution in [0, 0.1) is 0 Å². The minimum Gasteiger partial charge on any atom is -0.313 e. The number of hydrogen-bond acceptors (Lipinski definition) is 4. The molecule has 4 heteroatoms. The number of carbonyl (C=O) groups excluding carboxylic acids is 2. The van der Waals surface area contributed by atoms with Crippen molar-refractivity contribution < 1.29 is 9.59 Å². The fourth-order valence-electron chi connectivity index (χ4n) is 0.638. The van der Waals surface area contributed by atoms with Crippen molar-refractivity contribution in [3.8, 4) is 0 Å². The third-order valence-electron chi connectivity index (χ3n) is 1.07. The summed E-state index contributed by atoms with van der Waals surface area (Å²) >= 11 is 0. The number of carbonyl (C=O) groups is 2. The molecule has 0 rings (SSSR count). The van der Waals surface area contributed by atoms with Crippen LogP contribution in [-0.4, -0.2) is 38.2 Å². The molecule has 0 amide bonds. The number of ketones is 2. The molecule has 0 aromatic carbocycles. The molecule has 0 spiro atoms. The summed E-state index contributed by atoms with van der Waals surface area (Å²) in [6.07, 6.45) is 0. The van der Waals surface area contributed by atoms with Crippen LogP contribution in [0.25, 0.3) is 0 Å². The summed E-state index contributed by atoms with van der Waals surface area (Å²) in [4.78, 5) is 21.2. The average Bonchev–Trinajstić information content (AvgIpc) is 1.87. The summed E-state index contributed by atoms with van der Waals surface area (Å²) in [5.41, 5.74) is 0. The van der Waals surface area contributed by atoms with Gasteiger partial charge in [-0.05, 0) is 14.0 Å². The lowest BCUT2D eigenvalue weighted by atomic mass is 10.3. The van der Waals surface area contributed by atoms with Gasteiger partial charge < -0.3 is 10.6 Å². The van der Waals surface area contributed by atoms with Gasteiger partial charge in [0.2, 0.25) is 0 Å². The maximum atomic E-state index is 10.8. The number of likely N-dealkylation sites (N-methyl/N-ethyl adjacent to an activating group) is 1. The van der Waals surface area contributed by atoms with Crippen molar-refractivity contribution in [3.05, 3.63) is 0 Å². The van der Waals surface area contributed by atoms with E-state index >= 15 is 0 Å². The summed E-state index contributed by atoms with van der Waals surface area (Å²) in [6, 6.07) is 0. The Morgan fingerprint density at radius 1 is 1.18 bits per heavy atom. The standard InChI is InChI=1S/C7H14N2O2/c1-6(10)3-9-5-7(11)4-8-2/h8-9H,3-5H2,1-2H3. The van der Waals surface area contributed by atoms with Crippen molar-refractivity contribution in [1.29, 1.82) is 0 Å². The Balaban J connectivity index is 3.24. The normalized spacial score (nSPS) is 9.64. The second-order valence-corrected chi connectivity index (χ2v) is 2.37. The highest BCUT2D eigenvalue weighted by Gasteiger charge is 1.98. The Bertz CT molecular complexity index is 145. The molecular formula is C7H14N2O2. The number of Topliss-reactive ketones (excluding diaryl/α,β-unsaturated/α-hetero) is 2. The van der Waals surface area contributed by atoms with E-state index in [4.69, 9.17) is 0 Å². The van der Waals surface area contributed by atoms with Gasteiger partial charge in [0, 0.05) is 0 Å². The lowest BCUT2D eigenvalue weighted by Gasteiger charge is -1.99. The van der Waals surface area contributed by atoms with E-state index in [-0.39, 0.29) is 24.7 Å².